The van der Waals surface area contributed by atoms with Crippen LogP contribution < -0.4 is 10.5 Å². The second-order valence-electron chi connectivity index (χ2n) is 8.53. The molecule has 34 heavy (non-hydrogen) atoms. The fraction of sp³-hybridized carbons (Fsp3) is 0.417. The van der Waals surface area contributed by atoms with E-state index in [0.717, 1.165) is 35.2 Å². The summed E-state index contributed by atoms with van der Waals surface area (Å²) in [6.45, 7) is 5.31. The lowest BCUT2D eigenvalue weighted by molar-refractivity contribution is -0.131. The number of carbonyl (C=O) groups is 1. The van der Waals surface area contributed by atoms with Gasteiger partial charge in [0.25, 0.3) is 5.56 Å². The van der Waals surface area contributed by atoms with E-state index in [9.17, 15) is 14.7 Å². The maximum atomic E-state index is 13.3. The first-order valence-electron chi connectivity index (χ1n) is 11.2. The second-order valence-corrected chi connectivity index (χ2v) is 9.47. The first kappa shape index (κ1) is 24.1. The first-order chi connectivity index (χ1) is 16.4. The van der Waals surface area contributed by atoms with Gasteiger partial charge in [-0.25, -0.2) is 14.8 Å². The van der Waals surface area contributed by atoms with Crippen LogP contribution in [0, 0.1) is 0 Å². The average molecular weight is 485 g/mol. The van der Waals surface area contributed by atoms with Crippen molar-refractivity contribution in [2.45, 2.75) is 38.7 Å². The molecule has 1 atom stereocenters. The summed E-state index contributed by atoms with van der Waals surface area (Å²) in [4.78, 5) is 35.7. The Hall–Kier alpha value is -3.08. The highest BCUT2D eigenvalue weighted by Gasteiger charge is 2.24. The van der Waals surface area contributed by atoms with Crippen LogP contribution in [0.25, 0.3) is 11.7 Å². The number of aliphatic hydroxyl groups is 1. The molecular weight excluding hydrogens is 456 g/mol. The van der Waals surface area contributed by atoms with Crippen LogP contribution in [0.15, 0.2) is 34.6 Å². The molecule has 1 aliphatic heterocycles. The first-order valence-corrected chi connectivity index (χ1v) is 12.1. The van der Waals surface area contributed by atoms with Crippen molar-refractivity contribution in [3.8, 4) is 0 Å². The molecule has 1 fully saturated rings. The molecule has 4 heterocycles. The molecular formula is C24H28N4O5S. The third-order valence-electron chi connectivity index (χ3n) is 5.73. The standard InChI is InChI=1S/C24H28N4O5S/c1-15(2)19-14-34-21(25-19)5-3-16-7-8-28-20(11-16)26-23(18(24(28)32)4-6-22(30)31)27-9-10-33-17(12-27)13-29/h4,6-8,11,14-15,17,29H,3,5,9-10,12-13H2,1-2H3,(H,30,31). The van der Waals surface area contributed by atoms with Crippen molar-refractivity contribution in [2.24, 2.45) is 0 Å². The Kier molecular flexibility index (Phi) is 7.40. The normalized spacial score (nSPS) is 16.7. The maximum absolute atomic E-state index is 13.3. The Morgan fingerprint density at radius 3 is 2.88 bits per heavy atom. The number of ether oxygens (including phenoxy) is 1. The minimum absolute atomic E-state index is 0.150. The summed E-state index contributed by atoms with van der Waals surface area (Å²) in [7, 11) is 0. The predicted molar refractivity (Wildman–Crippen MR) is 131 cm³/mol. The zero-order valence-electron chi connectivity index (χ0n) is 19.2. The number of carboxylic acid groups (broad SMARTS) is 1. The Balaban J connectivity index is 1.68. The lowest BCUT2D eigenvalue weighted by Crippen LogP contribution is -2.45. The average Bonchev–Trinajstić information content (AvgIpc) is 3.31. The van der Waals surface area contributed by atoms with Gasteiger partial charge in [-0.3, -0.25) is 9.20 Å². The minimum Gasteiger partial charge on any atom is -0.478 e. The van der Waals surface area contributed by atoms with E-state index in [1.54, 1.807) is 17.5 Å². The van der Waals surface area contributed by atoms with Crippen LogP contribution in [-0.2, 0) is 22.4 Å². The molecule has 2 N–H and O–H groups in total. The van der Waals surface area contributed by atoms with Crippen LogP contribution in [0.3, 0.4) is 0 Å². The highest BCUT2D eigenvalue weighted by molar-refractivity contribution is 7.09. The number of aryl methyl sites for hydroxylation is 2. The van der Waals surface area contributed by atoms with Gasteiger partial charge >= 0.3 is 5.97 Å². The van der Waals surface area contributed by atoms with Gasteiger partial charge in [-0.2, -0.15) is 0 Å². The van der Waals surface area contributed by atoms with Crippen molar-refractivity contribution in [3.63, 3.8) is 0 Å². The van der Waals surface area contributed by atoms with Crippen LogP contribution in [-0.4, -0.2) is 63.0 Å². The molecule has 0 radical (unpaired) electrons. The largest absolute Gasteiger partial charge is 0.478 e. The zero-order valence-corrected chi connectivity index (χ0v) is 20.0. The van der Waals surface area contributed by atoms with Crippen LogP contribution in [0.4, 0.5) is 5.82 Å². The Labute approximate surface area is 201 Å². The van der Waals surface area contributed by atoms with E-state index in [0.29, 0.717) is 37.1 Å². The van der Waals surface area contributed by atoms with Gasteiger partial charge in [0.1, 0.15) is 11.5 Å². The van der Waals surface area contributed by atoms with Gasteiger partial charge in [-0.15, -0.1) is 11.3 Å². The molecule has 180 valence electrons. The van der Waals surface area contributed by atoms with Gasteiger partial charge in [-0.05, 0) is 36.1 Å². The molecule has 3 aromatic heterocycles. The quantitative estimate of drug-likeness (QED) is 0.468. The molecule has 3 aromatic rings. The number of aliphatic carboxylic acids is 1. The lowest BCUT2D eigenvalue weighted by atomic mass is 10.1. The summed E-state index contributed by atoms with van der Waals surface area (Å²) in [5.41, 5.74) is 2.46. The van der Waals surface area contributed by atoms with Crippen molar-refractivity contribution in [2.75, 3.05) is 31.2 Å². The Morgan fingerprint density at radius 1 is 1.35 bits per heavy atom. The summed E-state index contributed by atoms with van der Waals surface area (Å²) in [5.74, 6) is -0.359. The number of thiazole rings is 1. The number of morpholine rings is 1. The van der Waals surface area contributed by atoms with E-state index in [4.69, 9.17) is 19.8 Å². The summed E-state index contributed by atoms with van der Waals surface area (Å²) < 4.78 is 6.95. The topological polar surface area (TPSA) is 117 Å². The molecule has 1 saturated heterocycles. The number of pyridine rings is 1. The van der Waals surface area contributed by atoms with Crippen LogP contribution in [0.1, 0.15) is 41.6 Å². The number of nitrogens with zero attached hydrogens (tertiary/aromatic N) is 4. The minimum atomic E-state index is -1.15. The molecule has 0 spiro atoms. The molecule has 0 amide bonds. The van der Waals surface area contributed by atoms with Crippen LogP contribution in [0.5, 0.6) is 0 Å². The molecule has 4 rings (SSSR count). The van der Waals surface area contributed by atoms with E-state index >= 15 is 0 Å². The van der Waals surface area contributed by atoms with Gasteiger partial charge in [0.05, 0.1) is 35.6 Å². The van der Waals surface area contributed by atoms with Crippen molar-refractivity contribution in [1.82, 2.24) is 14.4 Å². The maximum Gasteiger partial charge on any atom is 0.328 e. The predicted octanol–water partition coefficient (Wildman–Crippen LogP) is 2.35. The number of hydrogen-bond donors (Lipinski definition) is 2. The van der Waals surface area contributed by atoms with E-state index < -0.39 is 12.1 Å². The highest BCUT2D eigenvalue weighted by Crippen LogP contribution is 2.22. The smallest absolute Gasteiger partial charge is 0.328 e. The van der Waals surface area contributed by atoms with Crippen molar-refractivity contribution >= 4 is 34.8 Å². The molecule has 0 aliphatic carbocycles. The van der Waals surface area contributed by atoms with E-state index in [1.807, 2.05) is 17.0 Å². The molecule has 0 aromatic carbocycles. The number of anilines is 1. The molecule has 0 bridgehead atoms. The third-order valence-corrected chi connectivity index (χ3v) is 6.66. The molecule has 10 heteroatoms. The van der Waals surface area contributed by atoms with Gasteiger partial charge in [0.2, 0.25) is 0 Å². The molecule has 9 nitrogen and oxygen atoms in total. The van der Waals surface area contributed by atoms with Gasteiger partial charge in [0.15, 0.2) is 0 Å². The molecule has 1 aliphatic rings. The molecule has 1 unspecified atom stereocenters. The van der Waals surface area contributed by atoms with Crippen LogP contribution >= 0.6 is 11.3 Å². The zero-order chi connectivity index (χ0) is 24.2. The SMILES string of the molecule is CC(C)c1csc(CCc2ccn3c(=O)c(C=CC(=O)O)c(N4CCOC(CO)C4)nc3c2)n1. The lowest BCUT2D eigenvalue weighted by Gasteiger charge is -2.33. The van der Waals surface area contributed by atoms with Gasteiger partial charge < -0.3 is 19.8 Å². The fourth-order valence-corrected chi connectivity index (χ4v) is 4.82. The Bertz CT molecular complexity index is 1270. The van der Waals surface area contributed by atoms with E-state index in [2.05, 4.69) is 19.2 Å². The Morgan fingerprint density at radius 2 is 2.18 bits per heavy atom. The van der Waals surface area contributed by atoms with Crippen LogP contribution in [0.2, 0.25) is 0 Å². The summed E-state index contributed by atoms with van der Waals surface area (Å²) in [5, 5.41) is 21.8. The van der Waals surface area contributed by atoms with E-state index in [-0.39, 0.29) is 17.7 Å². The van der Waals surface area contributed by atoms with Crippen molar-refractivity contribution in [3.05, 3.63) is 62.0 Å². The van der Waals surface area contributed by atoms with Crippen molar-refractivity contribution in [1.29, 1.82) is 0 Å². The number of aliphatic hydroxyl groups excluding tert-OH is 1. The number of aromatic nitrogens is 3. The van der Waals surface area contributed by atoms with Gasteiger partial charge in [-0.1, -0.05) is 13.8 Å². The monoisotopic (exact) mass is 484 g/mol. The summed E-state index contributed by atoms with van der Waals surface area (Å²) in [6, 6.07) is 3.77. The number of hydrogen-bond acceptors (Lipinski definition) is 8. The van der Waals surface area contributed by atoms with Gasteiger partial charge in [0, 0.05) is 37.2 Å². The molecule has 0 saturated carbocycles. The summed E-state index contributed by atoms with van der Waals surface area (Å²) in [6.07, 6.45) is 5.06. The number of rotatable bonds is 8. The number of fused-ring (bicyclic) bond motifs is 1. The van der Waals surface area contributed by atoms with Crippen molar-refractivity contribution < 1.29 is 19.7 Å². The van der Waals surface area contributed by atoms with E-state index in [1.165, 1.54) is 10.5 Å². The number of carboxylic acids is 1. The summed E-state index contributed by atoms with van der Waals surface area (Å²) >= 11 is 1.66. The second kappa shape index (κ2) is 10.5. The third kappa shape index (κ3) is 5.35. The highest BCUT2D eigenvalue weighted by atomic mass is 32.1. The fourth-order valence-electron chi connectivity index (χ4n) is 3.86.